The molecule has 0 aromatic heterocycles. The monoisotopic (exact) mass is 299 g/mol. The van der Waals surface area contributed by atoms with E-state index in [4.69, 9.17) is 5.26 Å². The van der Waals surface area contributed by atoms with E-state index in [9.17, 15) is 13.6 Å². The van der Waals surface area contributed by atoms with E-state index >= 15 is 0 Å². The first kappa shape index (κ1) is 15.2. The van der Waals surface area contributed by atoms with Gasteiger partial charge >= 0.3 is 0 Å². The molecule has 2 aromatic carbocycles. The fraction of sp³-hybridized carbons (Fsp3) is 0. The van der Waals surface area contributed by atoms with Gasteiger partial charge < -0.3 is 10.6 Å². The second kappa shape index (κ2) is 6.99. The minimum Gasteiger partial charge on any atom is -0.360 e. The van der Waals surface area contributed by atoms with Crippen molar-refractivity contribution < 1.29 is 13.6 Å². The number of carbonyl (C=O) groups excluding carboxylic acids is 1. The van der Waals surface area contributed by atoms with Crippen LogP contribution in [-0.4, -0.2) is 5.91 Å². The third-order valence-corrected chi connectivity index (χ3v) is 2.69. The number of hydrogen-bond acceptors (Lipinski definition) is 3. The Morgan fingerprint density at radius 2 is 1.45 bits per heavy atom. The van der Waals surface area contributed by atoms with Gasteiger partial charge in [0, 0.05) is 17.6 Å². The summed E-state index contributed by atoms with van der Waals surface area (Å²) in [7, 11) is 0. The van der Waals surface area contributed by atoms with Crippen molar-refractivity contribution in [2.24, 2.45) is 0 Å². The van der Waals surface area contributed by atoms with E-state index in [1.54, 1.807) is 6.07 Å². The second-order valence-corrected chi connectivity index (χ2v) is 4.28. The van der Waals surface area contributed by atoms with Crippen LogP contribution in [0.25, 0.3) is 0 Å². The smallest absolute Gasteiger partial charge is 0.267 e. The Hall–Kier alpha value is -3.20. The zero-order chi connectivity index (χ0) is 15.9. The number of hydrogen-bond donors (Lipinski definition) is 2. The Bertz CT molecular complexity index is 731. The van der Waals surface area contributed by atoms with Gasteiger partial charge in [0.2, 0.25) is 0 Å². The molecular weight excluding hydrogens is 288 g/mol. The van der Waals surface area contributed by atoms with Crippen LogP contribution < -0.4 is 10.6 Å². The van der Waals surface area contributed by atoms with Gasteiger partial charge in [-0.05, 0) is 48.5 Å². The van der Waals surface area contributed by atoms with Crippen LogP contribution in [0, 0.1) is 23.0 Å². The topological polar surface area (TPSA) is 64.9 Å². The summed E-state index contributed by atoms with van der Waals surface area (Å²) >= 11 is 0. The molecule has 1 amide bonds. The molecule has 0 atom stereocenters. The zero-order valence-electron chi connectivity index (χ0n) is 11.3. The van der Waals surface area contributed by atoms with Gasteiger partial charge in [-0.25, -0.2) is 8.78 Å². The first-order valence-corrected chi connectivity index (χ1v) is 6.28. The van der Waals surface area contributed by atoms with Crippen molar-refractivity contribution in [1.82, 2.24) is 0 Å². The van der Waals surface area contributed by atoms with E-state index in [0.29, 0.717) is 11.4 Å². The number of rotatable bonds is 4. The lowest BCUT2D eigenvalue weighted by Gasteiger charge is -2.05. The summed E-state index contributed by atoms with van der Waals surface area (Å²) in [5, 5.41) is 14.2. The summed E-state index contributed by atoms with van der Waals surface area (Å²) in [4.78, 5) is 11.9. The average Bonchev–Trinajstić information content (AvgIpc) is 2.52. The van der Waals surface area contributed by atoms with Crippen LogP contribution in [-0.2, 0) is 4.79 Å². The molecule has 0 unspecified atom stereocenters. The number of carbonyl (C=O) groups is 1. The minimum absolute atomic E-state index is 0.173. The lowest BCUT2D eigenvalue weighted by molar-refractivity contribution is -0.112. The lowest BCUT2D eigenvalue weighted by atomic mass is 10.2. The molecule has 0 heterocycles. The SMILES string of the molecule is N#C/C(=C/Nc1ccc(F)cc1)C(=O)Nc1ccc(F)cc1. The predicted molar refractivity (Wildman–Crippen MR) is 78.7 cm³/mol. The third-order valence-electron chi connectivity index (χ3n) is 2.69. The van der Waals surface area contributed by atoms with Crippen LogP contribution in [0.4, 0.5) is 20.2 Å². The summed E-state index contributed by atoms with van der Waals surface area (Å²) in [5.74, 6) is -1.44. The highest BCUT2D eigenvalue weighted by molar-refractivity contribution is 6.06. The van der Waals surface area contributed by atoms with E-state index in [0.717, 1.165) is 0 Å². The van der Waals surface area contributed by atoms with E-state index in [2.05, 4.69) is 10.6 Å². The summed E-state index contributed by atoms with van der Waals surface area (Å²) in [6, 6.07) is 12.4. The Morgan fingerprint density at radius 3 is 1.95 bits per heavy atom. The number of halogens is 2. The van der Waals surface area contributed by atoms with Gasteiger partial charge in [0.15, 0.2) is 0 Å². The van der Waals surface area contributed by atoms with Crippen LogP contribution in [0.3, 0.4) is 0 Å². The second-order valence-electron chi connectivity index (χ2n) is 4.28. The molecule has 0 spiro atoms. The molecule has 6 heteroatoms. The first-order chi connectivity index (χ1) is 10.6. The fourth-order valence-corrected chi connectivity index (χ4v) is 1.58. The van der Waals surface area contributed by atoms with Gasteiger partial charge in [-0.1, -0.05) is 0 Å². The Labute approximate surface area is 125 Å². The highest BCUT2D eigenvalue weighted by Gasteiger charge is 2.09. The minimum atomic E-state index is -0.635. The van der Waals surface area contributed by atoms with Gasteiger partial charge in [0.05, 0.1) is 0 Å². The molecule has 2 N–H and O–H groups in total. The molecule has 0 aliphatic rings. The van der Waals surface area contributed by atoms with Gasteiger partial charge in [0.1, 0.15) is 23.3 Å². The highest BCUT2D eigenvalue weighted by Crippen LogP contribution is 2.11. The molecular formula is C16H11F2N3O. The molecule has 0 fully saturated rings. The Morgan fingerprint density at radius 1 is 0.955 bits per heavy atom. The normalized spacial score (nSPS) is 10.7. The van der Waals surface area contributed by atoms with Crippen molar-refractivity contribution in [3.05, 3.63) is 71.9 Å². The predicted octanol–water partition coefficient (Wildman–Crippen LogP) is 3.42. The van der Waals surface area contributed by atoms with E-state index in [-0.39, 0.29) is 11.4 Å². The molecule has 2 rings (SSSR count). The molecule has 22 heavy (non-hydrogen) atoms. The van der Waals surface area contributed by atoms with Crippen LogP contribution in [0.1, 0.15) is 0 Å². The van der Waals surface area contributed by atoms with Crippen LogP contribution in [0.15, 0.2) is 60.3 Å². The fourth-order valence-electron chi connectivity index (χ4n) is 1.58. The number of benzene rings is 2. The number of amides is 1. The van der Waals surface area contributed by atoms with Crippen LogP contribution in [0.2, 0.25) is 0 Å². The van der Waals surface area contributed by atoms with E-state index in [1.165, 1.54) is 54.7 Å². The van der Waals surface area contributed by atoms with Crippen molar-refractivity contribution in [2.75, 3.05) is 10.6 Å². The maximum atomic E-state index is 12.8. The molecule has 4 nitrogen and oxygen atoms in total. The molecule has 0 saturated carbocycles. The van der Waals surface area contributed by atoms with Crippen LogP contribution in [0.5, 0.6) is 0 Å². The maximum absolute atomic E-state index is 12.8. The van der Waals surface area contributed by atoms with Crippen molar-refractivity contribution in [2.45, 2.75) is 0 Å². The quantitative estimate of drug-likeness (QED) is 0.671. The molecule has 0 radical (unpaired) electrons. The van der Waals surface area contributed by atoms with Gasteiger partial charge in [-0.2, -0.15) is 5.26 Å². The van der Waals surface area contributed by atoms with Crippen molar-refractivity contribution in [3.8, 4) is 6.07 Å². The highest BCUT2D eigenvalue weighted by atomic mass is 19.1. The van der Waals surface area contributed by atoms with Gasteiger partial charge in [0.25, 0.3) is 5.91 Å². The lowest BCUT2D eigenvalue weighted by Crippen LogP contribution is -2.14. The van der Waals surface area contributed by atoms with E-state index < -0.39 is 11.7 Å². The third kappa shape index (κ3) is 4.15. The molecule has 0 aliphatic heterocycles. The molecule has 0 bridgehead atoms. The van der Waals surface area contributed by atoms with Gasteiger partial charge in [-0.3, -0.25) is 4.79 Å². The van der Waals surface area contributed by atoms with Crippen molar-refractivity contribution in [3.63, 3.8) is 0 Å². The molecule has 2 aromatic rings. The molecule has 110 valence electrons. The number of nitrogens with one attached hydrogen (secondary N) is 2. The Kier molecular flexibility index (Phi) is 4.83. The molecule has 0 saturated heterocycles. The maximum Gasteiger partial charge on any atom is 0.267 e. The van der Waals surface area contributed by atoms with E-state index in [1.807, 2.05) is 0 Å². The standard InChI is InChI=1S/C16H11F2N3O/c17-12-1-5-14(6-2-12)20-10-11(9-19)16(22)21-15-7-3-13(18)4-8-15/h1-8,10,20H,(H,21,22)/b11-10-. The molecule has 0 aliphatic carbocycles. The summed E-state index contributed by atoms with van der Waals surface area (Å²) in [6.45, 7) is 0. The average molecular weight is 299 g/mol. The van der Waals surface area contributed by atoms with Gasteiger partial charge in [-0.15, -0.1) is 0 Å². The number of anilines is 2. The summed E-state index contributed by atoms with van der Waals surface area (Å²) in [6.07, 6.45) is 1.21. The number of nitriles is 1. The largest absolute Gasteiger partial charge is 0.360 e. The first-order valence-electron chi connectivity index (χ1n) is 6.28. The van der Waals surface area contributed by atoms with Crippen molar-refractivity contribution in [1.29, 1.82) is 5.26 Å². The summed E-state index contributed by atoms with van der Waals surface area (Å²) in [5.41, 5.74) is 0.728. The van der Waals surface area contributed by atoms with Crippen LogP contribution >= 0.6 is 0 Å². The van der Waals surface area contributed by atoms with Crippen molar-refractivity contribution >= 4 is 17.3 Å². The summed E-state index contributed by atoms with van der Waals surface area (Å²) < 4.78 is 25.5. The zero-order valence-corrected chi connectivity index (χ0v) is 11.3. The number of nitrogens with zero attached hydrogens (tertiary/aromatic N) is 1. The Balaban J connectivity index is 2.05.